The number of aryl methyl sites for hydroxylation is 1. The van der Waals surface area contributed by atoms with E-state index in [1.54, 1.807) is 31.2 Å². The highest BCUT2D eigenvalue weighted by Gasteiger charge is 2.38. The number of aromatic nitrogens is 2. The molecule has 17 heavy (non-hydrogen) atoms. The Hall–Kier alpha value is -1.98. The van der Waals surface area contributed by atoms with Gasteiger partial charge in [-0.2, -0.15) is 18.3 Å². The maximum Gasteiger partial charge on any atom is 0.435 e. The summed E-state index contributed by atoms with van der Waals surface area (Å²) in [4.78, 5) is 0. The Morgan fingerprint density at radius 1 is 1.29 bits per heavy atom. The number of alkyl halides is 3. The van der Waals surface area contributed by atoms with E-state index in [9.17, 15) is 13.2 Å². The molecule has 0 fully saturated rings. The van der Waals surface area contributed by atoms with Gasteiger partial charge in [-0.1, -0.05) is 12.1 Å². The summed E-state index contributed by atoms with van der Waals surface area (Å²) >= 11 is 0. The fourth-order valence-electron chi connectivity index (χ4n) is 1.60. The van der Waals surface area contributed by atoms with Crippen LogP contribution in [0.4, 0.5) is 18.9 Å². The van der Waals surface area contributed by atoms with Gasteiger partial charge in [0.15, 0.2) is 5.69 Å². The first kappa shape index (κ1) is 11.5. The van der Waals surface area contributed by atoms with Crippen molar-refractivity contribution < 1.29 is 13.2 Å². The third kappa shape index (κ3) is 2.11. The summed E-state index contributed by atoms with van der Waals surface area (Å²) in [6.07, 6.45) is -3.52. The maximum absolute atomic E-state index is 12.8. The maximum atomic E-state index is 12.8. The summed E-state index contributed by atoms with van der Waals surface area (Å²) in [5, 5.41) is 3.67. The lowest BCUT2D eigenvalue weighted by molar-refractivity contribution is -0.142. The summed E-state index contributed by atoms with van der Waals surface area (Å²) in [7, 11) is 0. The van der Waals surface area contributed by atoms with Crippen LogP contribution in [0.2, 0.25) is 0 Å². The molecule has 0 unspecified atom stereocenters. The summed E-state index contributed by atoms with van der Waals surface area (Å²) in [6, 6.07) is 6.63. The minimum atomic E-state index is -4.52. The fraction of sp³-hybridized carbons (Fsp3) is 0.182. The normalized spacial score (nSPS) is 11.8. The Bertz CT molecular complexity index is 543. The smallest absolute Gasteiger partial charge is 0.396 e. The Morgan fingerprint density at radius 2 is 2.00 bits per heavy atom. The molecule has 0 radical (unpaired) electrons. The van der Waals surface area contributed by atoms with Gasteiger partial charge in [-0.25, -0.2) is 4.68 Å². The lowest BCUT2D eigenvalue weighted by Crippen LogP contribution is -2.15. The van der Waals surface area contributed by atoms with Gasteiger partial charge in [-0.05, 0) is 24.6 Å². The molecule has 2 N–H and O–H groups in total. The van der Waals surface area contributed by atoms with E-state index in [-0.39, 0.29) is 5.69 Å². The third-order valence-corrected chi connectivity index (χ3v) is 2.31. The van der Waals surface area contributed by atoms with E-state index in [0.717, 1.165) is 16.4 Å². The molecule has 1 heterocycles. The highest BCUT2D eigenvalue weighted by Crippen LogP contribution is 2.34. The Labute approximate surface area is 95.7 Å². The van der Waals surface area contributed by atoms with Gasteiger partial charge in [0.25, 0.3) is 0 Å². The predicted octanol–water partition coefficient (Wildman–Crippen LogP) is 2.78. The average Bonchev–Trinajstić information content (AvgIpc) is 2.59. The van der Waals surface area contributed by atoms with E-state index >= 15 is 0 Å². The molecule has 2 rings (SSSR count). The molecule has 0 aliphatic heterocycles. The van der Waals surface area contributed by atoms with Crippen molar-refractivity contribution >= 4 is 5.69 Å². The number of benzene rings is 1. The zero-order valence-electron chi connectivity index (χ0n) is 8.99. The first-order valence-corrected chi connectivity index (χ1v) is 4.87. The van der Waals surface area contributed by atoms with Gasteiger partial charge in [-0.15, -0.1) is 0 Å². The van der Waals surface area contributed by atoms with Crippen molar-refractivity contribution in [1.82, 2.24) is 9.78 Å². The molecule has 0 amide bonds. The lowest BCUT2D eigenvalue weighted by Gasteiger charge is -2.11. The van der Waals surface area contributed by atoms with Crippen molar-refractivity contribution in [2.45, 2.75) is 13.1 Å². The van der Waals surface area contributed by atoms with Crippen LogP contribution >= 0.6 is 0 Å². The van der Waals surface area contributed by atoms with E-state index in [1.807, 2.05) is 0 Å². The molecule has 2 aromatic rings. The first-order valence-electron chi connectivity index (χ1n) is 4.87. The van der Waals surface area contributed by atoms with Gasteiger partial charge in [-0.3, -0.25) is 0 Å². The molecule has 0 spiro atoms. The minimum Gasteiger partial charge on any atom is -0.396 e. The van der Waals surface area contributed by atoms with Crippen LogP contribution in [0, 0.1) is 6.92 Å². The van der Waals surface area contributed by atoms with Crippen molar-refractivity contribution in [1.29, 1.82) is 0 Å². The van der Waals surface area contributed by atoms with E-state index in [1.165, 1.54) is 0 Å². The lowest BCUT2D eigenvalue weighted by atomic mass is 10.2. The highest BCUT2D eigenvalue weighted by atomic mass is 19.4. The quantitative estimate of drug-likeness (QED) is 0.834. The number of nitrogen functional groups attached to an aromatic ring is 1. The Balaban J connectivity index is 2.61. The van der Waals surface area contributed by atoms with Gasteiger partial charge in [0, 0.05) is 0 Å². The molecule has 0 saturated carbocycles. The van der Waals surface area contributed by atoms with Gasteiger partial charge in [0.05, 0.1) is 17.6 Å². The Morgan fingerprint density at radius 3 is 2.59 bits per heavy atom. The third-order valence-electron chi connectivity index (χ3n) is 2.31. The fourth-order valence-corrected chi connectivity index (χ4v) is 1.60. The molecular formula is C11H10F3N3. The topological polar surface area (TPSA) is 43.8 Å². The van der Waals surface area contributed by atoms with Crippen molar-refractivity contribution in [3.63, 3.8) is 0 Å². The van der Waals surface area contributed by atoms with E-state index < -0.39 is 11.9 Å². The zero-order valence-corrected chi connectivity index (χ0v) is 8.99. The number of anilines is 1. The second-order valence-corrected chi connectivity index (χ2v) is 3.70. The SMILES string of the molecule is Cc1cccc(-n2ncc(N)c2C(F)(F)F)c1. The number of hydrogen-bond donors (Lipinski definition) is 1. The van der Waals surface area contributed by atoms with Crippen molar-refractivity contribution in [3.05, 3.63) is 41.7 Å². The number of hydrogen-bond acceptors (Lipinski definition) is 2. The summed E-state index contributed by atoms with van der Waals surface area (Å²) in [5.41, 5.74) is 5.18. The van der Waals surface area contributed by atoms with E-state index in [2.05, 4.69) is 5.10 Å². The highest BCUT2D eigenvalue weighted by molar-refractivity contribution is 5.48. The van der Waals surface area contributed by atoms with Gasteiger partial charge in [0.2, 0.25) is 0 Å². The van der Waals surface area contributed by atoms with Crippen LogP contribution in [0.1, 0.15) is 11.3 Å². The van der Waals surface area contributed by atoms with Crippen molar-refractivity contribution in [3.8, 4) is 5.69 Å². The van der Waals surface area contributed by atoms with E-state index in [4.69, 9.17) is 5.73 Å². The van der Waals surface area contributed by atoms with Crippen LogP contribution < -0.4 is 5.73 Å². The first-order chi connectivity index (χ1) is 7.89. The van der Waals surface area contributed by atoms with Crippen molar-refractivity contribution in [2.75, 3.05) is 5.73 Å². The van der Waals surface area contributed by atoms with Crippen LogP contribution in [-0.4, -0.2) is 9.78 Å². The van der Waals surface area contributed by atoms with Gasteiger partial charge in [0.1, 0.15) is 0 Å². The molecule has 0 saturated heterocycles. The Kier molecular flexibility index (Phi) is 2.57. The molecule has 1 aromatic heterocycles. The number of nitrogens with zero attached hydrogens (tertiary/aromatic N) is 2. The predicted molar refractivity (Wildman–Crippen MR) is 57.7 cm³/mol. The van der Waals surface area contributed by atoms with E-state index in [0.29, 0.717) is 5.69 Å². The standard InChI is InChI=1S/C11H10F3N3/c1-7-3-2-4-8(5-7)17-10(11(12,13)14)9(15)6-16-17/h2-6H,15H2,1H3. The molecule has 90 valence electrons. The summed E-state index contributed by atoms with van der Waals surface area (Å²) < 4.78 is 39.2. The molecule has 3 nitrogen and oxygen atoms in total. The molecule has 1 aromatic carbocycles. The second-order valence-electron chi connectivity index (χ2n) is 3.70. The number of halogens is 3. The monoisotopic (exact) mass is 241 g/mol. The summed E-state index contributed by atoms with van der Waals surface area (Å²) in [6.45, 7) is 1.80. The van der Waals surface area contributed by atoms with Crippen LogP contribution in [0.15, 0.2) is 30.5 Å². The average molecular weight is 241 g/mol. The molecular weight excluding hydrogens is 231 g/mol. The largest absolute Gasteiger partial charge is 0.435 e. The molecule has 0 bridgehead atoms. The van der Waals surface area contributed by atoms with Crippen molar-refractivity contribution in [2.24, 2.45) is 0 Å². The van der Waals surface area contributed by atoms with Crippen LogP contribution in [0.25, 0.3) is 5.69 Å². The number of rotatable bonds is 1. The molecule has 0 aliphatic carbocycles. The van der Waals surface area contributed by atoms with Crippen LogP contribution in [0.3, 0.4) is 0 Å². The van der Waals surface area contributed by atoms with Crippen LogP contribution in [-0.2, 0) is 6.18 Å². The second kappa shape index (κ2) is 3.80. The number of nitrogens with two attached hydrogens (primary N) is 1. The zero-order chi connectivity index (χ0) is 12.6. The minimum absolute atomic E-state index is 0.342. The van der Waals surface area contributed by atoms with Crippen LogP contribution in [0.5, 0.6) is 0 Å². The molecule has 0 aliphatic rings. The molecule has 0 atom stereocenters. The van der Waals surface area contributed by atoms with Gasteiger partial charge >= 0.3 is 6.18 Å². The van der Waals surface area contributed by atoms with Gasteiger partial charge < -0.3 is 5.73 Å². The summed E-state index contributed by atoms with van der Waals surface area (Å²) in [5.74, 6) is 0. The molecule has 6 heteroatoms.